The molecule has 7 nitrogen and oxygen atoms in total. The zero-order chi connectivity index (χ0) is 13.0. The van der Waals surface area contributed by atoms with Crippen molar-refractivity contribution in [3.63, 3.8) is 0 Å². The Labute approximate surface area is 92.6 Å². The van der Waals surface area contributed by atoms with E-state index in [0.717, 1.165) is 0 Å². The fourth-order valence-electron chi connectivity index (χ4n) is 1.21. The number of aliphatic hydroxyl groups is 6. The van der Waals surface area contributed by atoms with Gasteiger partial charge in [0.05, 0.1) is 0 Å². The van der Waals surface area contributed by atoms with E-state index < -0.39 is 36.6 Å². The van der Waals surface area contributed by atoms with Crippen molar-refractivity contribution >= 4 is 5.78 Å². The summed E-state index contributed by atoms with van der Waals surface area (Å²) >= 11 is 0. The molecule has 1 fully saturated rings. The third-order valence-corrected chi connectivity index (χ3v) is 2.10. The molecule has 7 heteroatoms. The molecule has 1 aliphatic rings. The molecule has 0 bridgehead atoms. The average molecular weight is 238 g/mol. The van der Waals surface area contributed by atoms with Crippen LogP contribution in [0.25, 0.3) is 0 Å². The van der Waals surface area contributed by atoms with Crippen molar-refractivity contribution in [2.24, 2.45) is 0 Å². The number of carbonyl (C=O) groups is 1. The van der Waals surface area contributed by atoms with Crippen LogP contribution >= 0.6 is 0 Å². The smallest absolute Gasteiger partial charge is 0.126 e. The van der Waals surface area contributed by atoms with Gasteiger partial charge in [0, 0.05) is 0 Å². The van der Waals surface area contributed by atoms with Gasteiger partial charge in [-0.1, -0.05) is 0 Å². The molecule has 1 rings (SSSR count). The van der Waals surface area contributed by atoms with Crippen molar-refractivity contribution in [1.29, 1.82) is 0 Å². The SMILES string of the molecule is CC(C)=O.OC1C(O)C(O)C(O)C(O)C1O. The Kier molecular flexibility index (Phi) is 6.01. The van der Waals surface area contributed by atoms with Gasteiger partial charge in [0.1, 0.15) is 42.4 Å². The van der Waals surface area contributed by atoms with E-state index in [0.29, 0.717) is 0 Å². The lowest BCUT2D eigenvalue weighted by Gasteiger charge is -2.39. The minimum atomic E-state index is -1.64. The maximum atomic E-state index is 9.44. The fraction of sp³-hybridized carbons (Fsp3) is 0.889. The Hall–Kier alpha value is -0.570. The van der Waals surface area contributed by atoms with Gasteiger partial charge in [-0.2, -0.15) is 0 Å². The number of ketones is 1. The van der Waals surface area contributed by atoms with E-state index in [4.69, 9.17) is 30.6 Å². The maximum absolute atomic E-state index is 9.44. The summed E-state index contributed by atoms with van der Waals surface area (Å²) in [7, 11) is 0. The molecule has 0 heterocycles. The van der Waals surface area contributed by atoms with Crippen LogP contribution in [0.15, 0.2) is 0 Å². The van der Waals surface area contributed by atoms with Crippen LogP contribution in [-0.4, -0.2) is 73.0 Å². The van der Waals surface area contributed by atoms with Crippen LogP contribution in [0.4, 0.5) is 0 Å². The molecule has 0 radical (unpaired) electrons. The lowest BCUT2D eigenvalue weighted by molar-refractivity contribution is -0.223. The lowest BCUT2D eigenvalue weighted by atomic mass is 9.85. The van der Waals surface area contributed by atoms with Gasteiger partial charge in [-0.3, -0.25) is 0 Å². The molecule has 1 aliphatic carbocycles. The molecule has 1 saturated carbocycles. The van der Waals surface area contributed by atoms with E-state index in [1.165, 1.54) is 13.8 Å². The third kappa shape index (κ3) is 3.78. The summed E-state index contributed by atoms with van der Waals surface area (Å²) in [4.78, 5) is 9.44. The van der Waals surface area contributed by atoms with Crippen molar-refractivity contribution in [1.82, 2.24) is 0 Å². The summed E-state index contributed by atoms with van der Waals surface area (Å²) in [6.45, 7) is 3.06. The molecule has 0 aromatic rings. The van der Waals surface area contributed by atoms with Crippen LogP contribution in [0.5, 0.6) is 0 Å². The predicted molar refractivity (Wildman–Crippen MR) is 52.4 cm³/mol. The topological polar surface area (TPSA) is 138 Å². The number of rotatable bonds is 0. The Morgan fingerprint density at radius 2 is 0.688 bits per heavy atom. The van der Waals surface area contributed by atoms with Crippen LogP contribution in [0.1, 0.15) is 13.8 Å². The number of hydrogen-bond acceptors (Lipinski definition) is 7. The highest BCUT2D eigenvalue weighted by Crippen LogP contribution is 2.20. The van der Waals surface area contributed by atoms with E-state index in [9.17, 15) is 4.79 Å². The van der Waals surface area contributed by atoms with E-state index in [1.807, 2.05) is 0 Å². The van der Waals surface area contributed by atoms with E-state index in [1.54, 1.807) is 0 Å². The van der Waals surface area contributed by atoms with Crippen molar-refractivity contribution in [2.75, 3.05) is 0 Å². The van der Waals surface area contributed by atoms with Gasteiger partial charge in [-0.25, -0.2) is 0 Å². The van der Waals surface area contributed by atoms with E-state index >= 15 is 0 Å². The first-order valence-corrected chi connectivity index (χ1v) is 4.75. The number of aliphatic hydroxyl groups excluding tert-OH is 6. The Morgan fingerprint density at radius 1 is 0.625 bits per heavy atom. The van der Waals surface area contributed by atoms with E-state index in [2.05, 4.69) is 0 Å². The largest absolute Gasteiger partial charge is 0.387 e. The molecule has 6 N–H and O–H groups in total. The van der Waals surface area contributed by atoms with Gasteiger partial charge >= 0.3 is 0 Å². The lowest BCUT2D eigenvalue weighted by Crippen LogP contribution is -2.63. The number of Topliss-reactive ketones (excluding diaryl/α,β-unsaturated/α-hetero) is 1. The van der Waals surface area contributed by atoms with Gasteiger partial charge in [0.25, 0.3) is 0 Å². The molecule has 16 heavy (non-hydrogen) atoms. The molecule has 0 saturated heterocycles. The Bertz CT molecular complexity index is 169. The number of hydrogen-bond donors (Lipinski definition) is 6. The quantitative estimate of drug-likeness (QED) is 0.261. The van der Waals surface area contributed by atoms with Crippen molar-refractivity contribution in [3.8, 4) is 0 Å². The normalized spacial score (nSPS) is 43.2. The van der Waals surface area contributed by atoms with Gasteiger partial charge in [0.2, 0.25) is 0 Å². The average Bonchev–Trinajstić information content (AvgIpc) is 2.20. The molecule has 0 unspecified atom stereocenters. The monoisotopic (exact) mass is 238 g/mol. The third-order valence-electron chi connectivity index (χ3n) is 2.10. The highest BCUT2D eigenvalue weighted by Gasteiger charge is 2.47. The first-order valence-electron chi connectivity index (χ1n) is 4.75. The number of carbonyl (C=O) groups excluding carboxylic acids is 1. The van der Waals surface area contributed by atoms with E-state index in [-0.39, 0.29) is 5.78 Å². The first-order chi connectivity index (χ1) is 7.20. The van der Waals surface area contributed by atoms with Crippen LogP contribution in [0, 0.1) is 0 Å². The summed E-state index contributed by atoms with van der Waals surface area (Å²) in [5.41, 5.74) is 0. The van der Waals surface area contributed by atoms with Crippen LogP contribution in [-0.2, 0) is 4.79 Å². The second kappa shape index (κ2) is 6.24. The predicted octanol–water partition coefficient (Wildman–Crippen LogP) is -3.24. The van der Waals surface area contributed by atoms with Crippen LogP contribution in [0.3, 0.4) is 0 Å². The van der Waals surface area contributed by atoms with Crippen LogP contribution in [0.2, 0.25) is 0 Å². The molecule has 0 aromatic heterocycles. The summed E-state index contributed by atoms with van der Waals surface area (Å²) in [5, 5.41) is 53.8. The fourth-order valence-corrected chi connectivity index (χ4v) is 1.21. The molecular formula is C9H18O7. The zero-order valence-corrected chi connectivity index (χ0v) is 9.06. The molecule has 0 spiro atoms. The summed E-state index contributed by atoms with van der Waals surface area (Å²) in [6, 6.07) is 0. The molecule has 0 atom stereocenters. The van der Waals surface area contributed by atoms with Crippen molar-refractivity contribution in [3.05, 3.63) is 0 Å². The molecule has 0 aromatic carbocycles. The first kappa shape index (κ1) is 15.4. The minimum Gasteiger partial charge on any atom is -0.387 e. The molecule has 96 valence electrons. The van der Waals surface area contributed by atoms with Crippen molar-refractivity contribution < 1.29 is 35.4 Å². The second-order valence-electron chi connectivity index (χ2n) is 3.85. The Balaban J connectivity index is 0.000000487. The summed E-state index contributed by atoms with van der Waals surface area (Å²) in [6.07, 6.45) is -9.84. The Morgan fingerprint density at radius 3 is 0.750 bits per heavy atom. The minimum absolute atomic E-state index is 0.167. The summed E-state index contributed by atoms with van der Waals surface area (Å²) in [5.74, 6) is 0.167. The zero-order valence-electron chi connectivity index (χ0n) is 9.06. The molecule has 0 aliphatic heterocycles. The molecule has 0 amide bonds. The highest BCUT2D eigenvalue weighted by molar-refractivity contribution is 5.72. The maximum Gasteiger partial charge on any atom is 0.126 e. The van der Waals surface area contributed by atoms with Gasteiger partial charge in [0.15, 0.2) is 0 Å². The van der Waals surface area contributed by atoms with Gasteiger partial charge in [-0.15, -0.1) is 0 Å². The van der Waals surface area contributed by atoms with Gasteiger partial charge in [-0.05, 0) is 13.8 Å². The second-order valence-corrected chi connectivity index (χ2v) is 3.85. The highest BCUT2D eigenvalue weighted by atomic mass is 16.4. The molecular weight excluding hydrogens is 220 g/mol. The standard InChI is InChI=1S/C6H12O6.C3H6O/c7-1-2(8)4(10)6(12)5(11)3(1)9;1-3(2)4/h1-12H;1-2H3. The van der Waals surface area contributed by atoms with Gasteiger partial charge < -0.3 is 35.4 Å². The van der Waals surface area contributed by atoms with Crippen molar-refractivity contribution in [2.45, 2.75) is 50.5 Å². The summed E-state index contributed by atoms with van der Waals surface area (Å²) < 4.78 is 0. The van der Waals surface area contributed by atoms with Crippen LogP contribution < -0.4 is 0 Å².